The first-order chi connectivity index (χ1) is 36.1. The van der Waals surface area contributed by atoms with Gasteiger partial charge in [0, 0.05) is 16.9 Å². The molecular formula is C74H65N. The first-order valence-corrected chi connectivity index (χ1v) is 27.0. The minimum atomic E-state index is -0.606. The van der Waals surface area contributed by atoms with Crippen molar-refractivity contribution in [1.29, 1.82) is 0 Å². The van der Waals surface area contributed by atoms with Gasteiger partial charge in [-0.05, 0) is 147 Å². The van der Waals surface area contributed by atoms with Crippen LogP contribution in [0.25, 0.3) is 44.5 Å². The van der Waals surface area contributed by atoms with Crippen LogP contribution < -0.4 is 4.90 Å². The number of hydrogen-bond donors (Lipinski definition) is 0. The number of nitrogens with zero attached hydrogens (tertiary/aromatic N) is 1. The quantitative estimate of drug-likeness (QED) is 0.160. The van der Waals surface area contributed by atoms with Crippen LogP contribution in [-0.2, 0) is 27.1 Å². The van der Waals surface area contributed by atoms with E-state index in [-0.39, 0.29) is 16.2 Å². The highest BCUT2D eigenvalue weighted by molar-refractivity contribution is 5.98. The normalized spacial score (nSPS) is 15.7. The second-order valence-electron chi connectivity index (χ2n) is 24.5. The number of para-hydroxylation sites is 1. The average Bonchev–Trinajstić information content (AvgIpc) is 4.02. The summed E-state index contributed by atoms with van der Waals surface area (Å²) in [6.07, 6.45) is 0. The number of anilines is 3. The van der Waals surface area contributed by atoms with E-state index in [4.69, 9.17) is 0 Å². The highest BCUT2D eigenvalue weighted by atomic mass is 15.1. The van der Waals surface area contributed by atoms with E-state index in [1.54, 1.807) is 0 Å². The molecule has 0 saturated heterocycles. The van der Waals surface area contributed by atoms with Crippen molar-refractivity contribution in [3.05, 3.63) is 292 Å². The van der Waals surface area contributed by atoms with Gasteiger partial charge < -0.3 is 4.90 Å². The van der Waals surface area contributed by atoms with Gasteiger partial charge in [-0.3, -0.25) is 0 Å². The van der Waals surface area contributed by atoms with Crippen molar-refractivity contribution in [2.24, 2.45) is 0 Å². The second-order valence-corrected chi connectivity index (χ2v) is 24.5. The molecule has 0 N–H and O–H groups in total. The van der Waals surface area contributed by atoms with Crippen molar-refractivity contribution in [3.8, 4) is 44.5 Å². The van der Waals surface area contributed by atoms with Crippen LogP contribution in [0.1, 0.15) is 124 Å². The molecule has 10 aromatic carbocycles. The van der Waals surface area contributed by atoms with Gasteiger partial charge in [-0.25, -0.2) is 0 Å². The van der Waals surface area contributed by atoms with Gasteiger partial charge in [0.15, 0.2) is 0 Å². The van der Waals surface area contributed by atoms with Crippen LogP contribution in [0.5, 0.6) is 0 Å². The van der Waals surface area contributed by atoms with Gasteiger partial charge in [0.1, 0.15) is 0 Å². The smallest absolute Gasteiger partial charge is 0.0726 e. The molecule has 1 heteroatoms. The predicted molar refractivity (Wildman–Crippen MR) is 316 cm³/mol. The van der Waals surface area contributed by atoms with Crippen molar-refractivity contribution in [2.45, 2.75) is 89.4 Å². The Labute approximate surface area is 445 Å². The Morgan fingerprint density at radius 2 is 0.613 bits per heavy atom. The molecule has 1 nitrogen and oxygen atoms in total. The third kappa shape index (κ3) is 6.97. The summed E-state index contributed by atoms with van der Waals surface area (Å²) in [5.74, 6) is 0. The maximum atomic E-state index is 2.56. The molecule has 0 heterocycles. The predicted octanol–water partition coefficient (Wildman–Crippen LogP) is 19.4. The highest BCUT2D eigenvalue weighted by Gasteiger charge is 2.52. The maximum Gasteiger partial charge on any atom is 0.0726 e. The van der Waals surface area contributed by atoms with Crippen molar-refractivity contribution < 1.29 is 0 Å². The number of rotatable bonds is 6. The van der Waals surface area contributed by atoms with Crippen LogP contribution in [0, 0.1) is 0 Å². The van der Waals surface area contributed by atoms with Gasteiger partial charge in [-0.15, -0.1) is 0 Å². The first-order valence-electron chi connectivity index (χ1n) is 27.0. The molecule has 0 radical (unpaired) electrons. The lowest BCUT2D eigenvalue weighted by Gasteiger charge is -2.36. The lowest BCUT2D eigenvalue weighted by atomic mass is 9.67. The van der Waals surface area contributed by atoms with E-state index in [1.807, 2.05) is 0 Å². The SMILES string of the molecule is CC(C)(C)c1ccc(C2(c3ccc(C(C)(C)C)cc3)c3ccccc3-c3ccc(N(c4ccc5c(c4)C4(c6ccccc6-5)c5ccccc5-c5ccc(C(C)(C)C)cc54)c4ccccc4-c4ccccc4)cc32)cc1. The van der Waals surface area contributed by atoms with Crippen LogP contribution in [0.15, 0.2) is 231 Å². The van der Waals surface area contributed by atoms with E-state index in [1.165, 1.54) is 106 Å². The van der Waals surface area contributed by atoms with Crippen LogP contribution in [0.4, 0.5) is 17.1 Å². The lowest BCUT2D eigenvalue weighted by molar-refractivity contribution is 0.588. The lowest BCUT2D eigenvalue weighted by Crippen LogP contribution is -2.29. The molecule has 3 aliphatic carbocycles. The Balaban J connectivity index is 1.11. The minimum absolute atomic E-state index is 0.0126. The Hall–Kier alpha value is -8.00. The van der Waals surface area contributed by atoms with Crippen molar-refractivity contribution in [1.82, 2.24) is 0 Å². The summed E-state index contributed by atoms with van der Waals surface area (Å²) in [6.45, 7) is 20.9. The fraction of sp³-hybridized carbons (Fsp3) is 0.189. The van der Waals surface area contributed by atoms with Gasteiger partial charge in [-0.1, -0.05) is 263 Å². The van der Waals surface area contributed by atoms with Crippen LogP contribution in [-0.4, -0.2) is 0 Å². The van der Waals surface area contributed by atoms with Gasteiger partial charge >= 0.3 is 0 Å². The van der Waals surface area contributed by atoms with E-state index in [0.717, 1.165) is 17.1 Å². The van der Waals surface area contributed by atoms with Gasteiger partial charge in [0.2, 0.25) is 0 Å². The van der Waals surface area contributed by atoms with Gasteiger partial charge in [0.05, 0.1) is 16.5 Å². The fourth-order valence-electron chi connectivity index (χ4n) is 13.3. The highest BCUT2D eigenvalue weighted by Crippen LogP contribution is 2.64. The summed E-state index contributed by atoms with van der Waals surface area (Å²) < 4.78 is 0. The molecule has 1 spiro atoms. The summed E-state index contributed by atoms with van der Waals surface area (Å²) in [4.78, 5) is 2.56. The van der Waals surface area contributed by atoms with E-state index < -0.39 is 10.8 Å². The molecule has 366 valence electrons. The Morgan fingerprint density at radius 1 is 0.267 bits per heavy atom. The molecule has 0 aromatic heterocycles. The molecule has 75 heavy (non-hydrogen) atoms. The molecule has 0 aliphatic heterocycles. The average molecular weight is 968 g/mol. The summed E-state index contributed by atoms with van der Waals surface area (Å²) in [5, 5.41) is 0. The third-order valence-electron chi connectivity index (χ3n) is 17.1. The van der Waals surface area contributed by atoms with Crippen LogP contribution in [0.3, 0.4) is 0 Å². The van der Waals surface area contributed by atoms with E-state index >= 15 is 0 Å². The molecule has 13 rings (SSSR count). The summed E-state index contributed by atoms with van der Waals surface area (Å²) in [5.41, 5.74) is 26.8. The molecule has 0 fully saturated rings. The van der Waals surface area contributed by atoms with Gasteiger partial charge in [0.25, 0.3) is 0 Å². The van der Waals surface area contributed by atoms with Crippen LogP contribution >= 0.6 is 0 Å². The Kier molecular flexibility index (Phi) is 10.4. The first kappa shape index (κ1) is 46.8. The molecule has 0 amide bonds. The molecular weight excluding hydrogens is 903 g/mol. The maximum absolute atomic E-state index is 2.56. The zero-order valence-electron chi connectivity index (χ0n) is 44.9. The molecule has 0 bridgehead atoms. The molecule has 1 unspecified atom stereocenters. The van der Waals surface area contributed by atoms with Crippen molar-refractivity contribution >= 4 is 17.1 Å². The monoisotopic (exact) mass is 968 g/mol. The van der Waals surface area contributed by atoms with E-state index in [0.29, 0.717) is 0 Å². The zero-order chi connectivity index (χ0) is 51.6. The van der Waals surface area contributed by atoms with Crippen molar-refractivity contribution in [3.63, 3.8) is 0 Å². The Bertz CT molecular complexity index is 3800. The zero-order valence-corrected chi connectivity index (χ0v) is 44.9. The number of hydrogen-bond acceptors (Lipinski definition) is 1. The molecule has 1 atom stereocenters. The Morgan fingerprint density at radius 3 is 1.08 bits per heavy atom. The molecule has 10 aromatic rings. The fourth-order valence-corrected chi connectivity index (χ4v) is 13.3. The largest absolute Gasteiger partial charge is 0.310 e. The minimum Gasteiger partial charge on any atom is -0.310 e. The molecule has 3 aliphatic rings. The summed E-state index contributed by atoms with van der Waals surface area (Å²) >= 11 is 0. The third-order valence-corrected chi connectivity index (χ3v) is 17.1. The van der Waals surface area contributed by atoms with Crippen molar-refractivity contribution in [2.75, 3.05) is 4.90 Å². The van der Waals surface area contributed by atoms with Gasteiger partial charge in [-0.2, -0.15) is 0 Å². The summed E-state index contributed by atoms with van der Waals surface area (Å²) in [7, 11) is 0. The standard InChI is InChI=1S/C74H65N/c1-70(2,3)49-31-35-51(36-32-49)73(52-37-33-50(34-38-52)71(4,5)6)63-27-17-13-24-57(63)61-43-40-54(46-67(61)73)75(69-30-20-16-23-56(69)48-21-11-10-12-22-48)55-41-44-62-59-26-15-19-29-65(59)74(68(62)47-55)64-28-18-14-25-58(64)60-42-39-53(45-66(60)74)72(7,8)9/h10-47H,1-9H3. The topological polar surface area (TPSA) is 3.24 Å². The second kappa shape index (κ2) is 16.8. The van der Waals surface area contributed by atoms with E-state index in [2.05, 4.69) is 298 Å². The number of benzene rings is 10. The summed E-state index contributed by atoms with van der Waals surface area (Å²) in [6, 6.07) is 88.6. The number of fused-ring (bicyclic) bond motifs is 13. The molecule has 0 saturated carbocycles. The van der Waals surface area contributed by atoms with E-state index in [9.17, 15) is 0 Å². The van der Waals surface area contributed by atoms with Crippen LogP contribution in [0.2, 0.25) is 0 Å².